The number of ketones is 1. The molecule has 168 valence electrons. The number of rotatable bonds is 5. The van der Waals surface area contributed by atoms with Crippen LogP contribution in [0.2, 0.25) is 0 Å². The van der Waals surface area contributed by atoms with Crippen LogP contribution in [-0.4, -0.2) is 28.5 Å². The van der Waals surface area contributed by atoms with Crippen LogP contribution in [0.15, 0.2) is 72.3 Å². The zero-order chi connectivity index (χ0) is 23.7. The van der Waals surface area contributed by atoms with E-state index in [2.05, 4.69) is 0 Å². The lowest BCUT2D eigenvalue weighted by atomic mass is 9.94. The number of ether oxygens (including phenoxy) is 1. The minimum atomic E-state index is -0.897. The normalized spacial score (nSPS) is 17.4. The van der Waals surface area contributed by atoms with E-state index in [9.17, 15) is 19.8 Å². The number of aliphatic hydroxyl groups is 1. The summed E-state index contributed by atoms with van der Waals surface area (Å²) < 4.78 is 5.57. The van der Waals surface area contributed by atoms with Crippen molar-refractivity contribution in [3.63, 3.8) is 0 Å². The van der Waals surface area contributed by atoms with Gasteiger partial charge in [-0.1, -0.05) is 36.4 Å². The first kappa shape index (κ1) is 22.1. The third kappa shape index (κ3) is 3.96. The van der Waals surface area contributed by atoms with Crippen LogP contribution in [-0.2, 0) is 9.59 Å². The summed E-state index contributed by atoms with van der Waals surface area (Å²) in [5.74, 6) is -1.34. The number of hydrogen-bond acceptors (Lipinski definition) is 5. The van der Waals surface area contributed by atoms with Crippen LogP contribution in [0, 0.1) is 13.8 Å². The van der Waals surface area contributed by atoms with E-state index in [1.54, 1.807) is 54.6 Å². The van der Waals surface area contributed by atoms with Gasteiger partial charge in [-0.2, -0.15) is 0 Å². The third-order valence-electron chi connectivity index (χ3n) is 5.70. The second-order valence-electron chi connectivity index (χ2n) is 7.99. The Morgan fingerprint density at radius 1 is 1.00 bits per heavy atom. The molecule has 0 radical (unpaired) electrons. The van der Waals surface area contributed by atoms with Gasteiger partial charge in [-0.25, -0.2) is 0 Å². The third-order valence-corrected chi connectivity index (χ3v) is 5.70. The van der Waals surface area contributed by atoms with Crippen molar-refractivity contribution in [2.75, 3.05) is 11.5 Å². The van der Waals surface area contributed by atoms with Crippen LogP contribution in [0.3, 0.4) is 0 Å². The quantitative estimate of drug-likeness (QED) is 0.328. The maximum absolute atomic E-state index is 13.2. The van der Waals surface area contributed by atoms with Crippen molar-refractivity contribution in [1.82, 2.24) is 0 Å². The predicted octanol–water partition coefficient (Wildman–Crippen LogP) is 5.03. The SMILES string of the molecule is CCOc1ccc(/C(O)=C2/C(=O)C(=O)N(c3cc(C)ccc3O)C2c2ccccc2)cc1C. The van der Waals surface area contributed by atoms with Crippen molar-refractivity contribution < 1.29 is 24.5 Å². The average molecular weight is 443 g/mol. The molecule has 0 aromatic heterocycles. The van der Waals surface area contributed by atoms with Crippen LogP contribution in [0.4, 0.5) is 5.69 Å². The topological polar surface area (TPSA) is 87.1 Å². The Balaban J connectivity index is 1.93. The van der Waals surface area contributed by atoms with Crippen LogP contribution >= 0.6 is 0 Å². The fourth-order valence-electron chi connectivity index (χ4n) is 4.13. The molecule has 3 aromatic carbocycles. The van der Waals surface area contributed by atoms with E-state index in [0.717, 1.165) is 11.1 Å². The second-order valence-corrected chi connectivity index (χ2v) is 7.99. The van der Waals surface area contributed by atoms with Crippen LogP contribution in [0.5, 0.6) is 11.5 Å². The molecular formula is C27H25NO5. The molecular weight excluding hydrogens is 418 g/mol. The molecule has 1 amide bonds. The largest absolute Gasteiger partial charge is 0.507 e. The van der Waals surface area contributed by atoms with Gasteiger partial charge in [0, 0.05) is 5.56 Å². The van der Waals surface area contributed by atoms with Gasteiger partial charge in [-0.05, 0) is 67.8 Å². The number of amides is 1. The van der Waals surface area contributed by atoms with E-state index < -0.39 is 17.7 Å². The lowest BCUT2D eigenvalue weighted by Gasteiger charge is -2.26. The minimum absolute atomic E-state index is 0.0318. The number of phenolic OH excluding ortho intramolecular Hbond substituents is 1. The standard InChI is InChI=1S/C27H25NO5/c1-4-33-22-13-11-19(15-17(22)3)25(30)23-24(18-8-6-5-7-9-18)28(27(32)26(23)31)20-14-16(2)10-12-21(20)29/h5-15,24,29-30H,4H2,1-3H3/b25-23-. The highest BCUT2D eigenvalue weighted by molar-refractivity contribution is 6.51. The fraction of sp³-hybridized carbons (Fsp3) is 0.185. The number of Topliss-reactive ketones (excluding diaryl/α,β-unsaturated/α-hetero) is 1. The highest BCUT2D eigenvalue weighted by Gasteiger charge is 2.47. The molecule has 1 saturated heterocycles. The maximum Gasteiger partial charge on any atom is 0.300 e. The van der Waals surface area contributed by atoms with Gasteiger partial charge in [0.1, 0.15) is 17.3 Å². The summed E-state index contributed by atoms with van der Waals surface area (Å²) in [6.07, 6.45) is 0. The Labute approximate surface area is 192 Å². The Morgan fingerprint density at radius 3 is 2.39 bits per heavy atom. The summed E-state index contributed by atoms with van der Waals surface area (Å²) in [7, 11) is 0. The van der Waals surface area contributed by atoms with Crippen LogP contribution < -0.4 is 9.64 Å². The Morgan fingerprint density at radius 2 is 1.73 bits per heavy atom. The molecule has 2 N–H and O–H groups in total. The lowest BCUT2D eigenvalue weighted by Crippen LogP contribution is -2.29. The molecule has 1 heterocycles. The predicted molar refractivity (Wildman–Crippen MR) is 126 cm³/mol. The number of aryl methyl sites for hydroxylation is 2. The van der Waals surface area contributed by atoms with Crippen molar-refractivity contribution in [1.29, 1.82) is 0 Å². The number of phenols is 1. The van der Waals surface area contributed by atoms with E-state index in [1.807, 2.05) is 26.8 Å². The van der Waals surface area contributed by atoms with Crippen molar-refractivity contribution in [3.05, 3.63) is 94.6 Å². The smallest absolute Gasteiger partial charge is 0.300 e. The van der Waals surface area contributed by atoms with E-state index in [4.69, 9.17) is 4.74 Å². The maximum atomic E-state index is 13.2. The summed E-state index contributed by atoms with van der Waals surface area (Å²) >= 11 is 0. The first-order valence-electron chi connectivity index (χ1n) is 10.7. The van der Waals surface area contributed by atoms with Crippen molar-refractivity contribution in [2.24, 2.45) is 0 Å². The van der Waals surface area contributed by atoms with Crippen molar-refractivity contribution >= 4 is 23.1 Å². The summed E-state index contributed by atoms with van der Waals surface area (Å²) in [6.45, 7) is 6.07. The average Bonchev–Trinajstić information content (AvgIpc) is 3.07. The van der Waals surface area contributed by atoms with Gasteiger partial charge in [0.2, 0.25) is 0 Å². The van der Waals surface area contributed by atoms with E-state index in [1.165, 1.54) is 11.0 Å². The number of anilines is 1. The highest BCUT2D eigenvalue weighted by Crippen LogP contribution is 2.45. The molecule has 1 atom stereocenters. The molecule has 33 heavy (non-hydrogen) atoms. The summed E-state index contributed by atoms with van der Waals surface area (Å²) in [5, 5.41) is 21.8. The molecule has 6 nitrogen and oxygen atoms in total. The molecule has 0 bridgehead atoms. The number of carbonyl (C=O) groups is 2. The zero-order valence-electron chi connectivity index (χ0n) is 18.7. The number of carbonyl (C=O) groups excluding carboxylic acids is 2. The summed E-state index contributed by atoms with van der Waals surface area (Å²) in [4.78, 5) is 27.7. The molecule has 0 saturated carbocycles. The van der Waals surface area contributed by atoms with Gasteiger partial charge < -0.3 is 14.9 Å². The zero-order valence-corrected chi connectivity index (χ0v) is 18.7. The molecule has 4 rings (SSSR count). The number of benzene rings is 3. The highest BCUT2D eigenvalue weighted by atomic mass is 16.5. The Bertz CT molecular complexity index is 1260. The molecule has 3 aromatic rings. The Kier molecular flexibility index (Phi) is 5.92. The van der Waals surface area contributed by atoms with E-state index in [-0.39, 0.29) is 22.8 Å². The monoisotopic (exact) mass is 443 g/mol. The summed E-state index contributed by atoms with van der Waals surface area (Å²) in [6, 6.07) is 18.1. The number of nitrogens with zero attached hydrogens (tertiary/aromatic N) is 1. The van der Waals surface area contributed by atoms with Gasteiger partial charge in [0.25, 0.3) is 11.7 Å². The number of aromatic hydroxyl groups is 1. The van der Waals surface area contributed by atoms with Gasteiger partial charge in [-0.3, -0.25) is 14.5 Å². The fourth-order valence-corrected chi connectivity index (χ4v) is 4.13. The van der Waals surface area contributed by atoms with Crippen LogP contribution in [0.25, 0.3) is 5.76 Å². The van der Waals surface area contributed by atoms with Crippen LogP contribution in [0.1, 0.15) is 35.2 Å². The molecule has 1 aliphatic heterocycles. The number of hydrogen-bond donors (Lipinski definition) is 2. The molecule has 0 aliphatic carbocycles. The van der Waals surface area contributed by atoms with Gasteiger partial charge in [-0.15, -0.1) is 0 Å². The van der Waals surface area contributed by atoms with Gasteiger partial charge >= 0.3 is 0 Å². The molecule has 6 heteroatoms. The molecule has 1 fully saturated rings. The minimum Gasteiger partial charge on any atom is -0.507 e. The first-order chi connectivity index (χ1) is 15.8. The summed E-state index contributed by atoms with van der Waals surface area (Å²) in [5.41, 5.74) is 2.84. The first-order valence-corrected chi connectivity index (χ1v) is 10.7. The number of aliphatic hydroxyl groups excluding tert-OH is 1. The van der Waals surface area contributed by atoms with Gasteiger partial charge in [0.05, 0.1) is 23.9 Å². The van der Waals surface area contributed by atoms with E-state index >= 15 is 0 Å². The van der Waals surface area contributed by atoms with Gasteiger partial charge in [0.15, 0.2) is 0 Å². The molecule has 0 spiro atoms. The van der Waals surface area contributed by atoms with Crippen molar-refractivity contribution in [2.45, 2.75) is 26.8 Å². The molecule has 1 aliphatic rings. The van der Waals surface area contributed by atoms with E-state index in [0.29, 0.717) is 23.5 Å². The second kappa shape index (κ2) is 8.82. The molecule has 1 unspecified atom stereocenters. The van der Waals surface area contributed by atoms with Crippen molar-refractivity contribution in [3.8, 4) is 11.5 Å². The lowest BCUT2D eigenvalue weighted by molar-refractivity contribution is -0.132. The Hall–Kier alpha value is -4.06.